The summed E-state index contributed by atoms with van der Waals surface area (Å²) in [6, 6.07) is 20.1. The molecule has 1 aliphatic rings. The summed E-state index contributed by atoms with van der Waals surface area (Å²) in [5.74, 6) is 0.768. The number of imidazole rings is 1. The van der Waals surface area contributed by atoms with Gasteiger partial charge in [0.15, 0.2) is 5.69 Å². The largest absolute Gasteiger partial charge is 0.344 e. The number of fused-ring (bicyclic) bond motifs is 1. The van der Waals surface area contributed by atoms with E-state index >= 15 is 0 Å². The Morgan fingerprint density at radius 2 is 1.75 bits per heavy atom. The van der Waals surface area contributed by atoms with Crippen LogP contribution in [-0.2, 0) is 13.1 Å². The number of carbonyl (C=O) groups is 1. The molecule has 0 saturated carbocycles. The fourth-order valence-corrected chi connectivity index (χ4v) is 3.77. The SMILES string of the molecule is CCN1CCn2c(-c3ccccc3)nc(C(=O)NC(C)c3ccccc3)c2C1. The number of amides is 1. The van der Waals surface area contributed by atoms with Crippen molar-refractivity contribution in [1.82, 2.24) is 19.8 Å². The zero-order valence-electron chi connectivity index (χ0n) is 16.4. The van der Waals surface area contributed by atoms with E-state index in [2.05, 4.69) is 33.8 Å². The van der Waals surface area contributed by atoms with Crippen LogP contribution in [0, 0.1) is 0 Å². The van der Waals surface area contributed by atoms with E-state index in [1.54, 1.807) is 0 Å². The third-order valence-electron chi connectivity index (χ3n) is 5.43. The summed E-state index contributed by atoms with van der Waals surface area (Å²) in [5, 5.41) is 3.13. The van der Waals surface area contributed by atoms with E-state index in [-0.39, 0.29) is 11.9 Å². The van der Waals surface area contributed by atoms with Crippen molar-refractivity contribution in [3.05, 3.63) is 77.6 Å². The Labute approximate surface area is 166 Å². The highest BCUT2D eigenvalue weighted by Crippen LogP contribution is 2.27. The van der Waals surface area contributed by atoms with Crippen molar-refractivity contribution in [2.75, 3.05) is 13.1 Å². The second kappa shape index (κ2) is 7.98. The second-order valence-corrected chi connectivity index (χ2v) is 7.22. The van der Waals surface area contributed by atoms with Crippen molar-refractivity contribution in [3.8, 4) is 11.4 Å². The lowest BCUT2D eigenvalue weighted by atomic mass is 10.1. The zero-order chi connectivity index (χ0) is 19.5. The molecule has 1 amide bonds. The van der Waals surface area contributed by atoms with Crippen LogP contribution >= 0.6 is 0 Å². The van der Waals surface area contributed by atoms with Crippen LogP contribution < -0.4 is 5.32 Å². The minimum Gasteiger partial charge on any atom is -0.344 e. The quantitative estimate of drug-likeness (QED) is 0.737. The van der Waals surface area contributed by atoms with Gasteiger partial charge < -0.3 is 9.88 Å². The Morgan fingerprint density at radius 1 is 1.07 bits per heavy atom. The Morgan fingerprint density at radius 3 is 2.43 bits per heavy atom. The molecule has 5 heteroatoms. The molecule has 0 fully saturated rings. The van der Waals surface area contributed by atoms with Crippen molar-refractivity contribution in [2.45, 2.75) is 33.0 Å². The number of carbonyl (C=O) groups excluding carboxylic acids is 1. The van der Waals surface area contributed by atoms with Gasteiger partial charge in [-0.3, -0.25) is 9.69 Å². The summed E-state index contributed by atoms with van der Waals surface area (Å²) in [6.45, 7) is 7.70. The number of hydrogen-bond acceptors (Lipinski definition) is 3. The van der Waals surface area contributed by atoms with Crippen LogP contribution in [-0.4, -0.2) is 33.4 Å². The monoisotopic (exact) mass is 374 g/mol. The molecule has 0 radical (unpaired) electrons. The van der Waals surface area contributed by atoms with Crippen LogP contribution in [0.1, 0.15) is 41.6 Å². The fraction of sp³-hybridized carbons (Fsp3) is 0.304. The van der Waals surface area contributed by atoms with E-state index < -0.39 is 0 Å². The number of nitrogens with zero attached hydrogens (tertiary/aromatic N) is 3. The van der Waals surface area contributed by atoms with Crippen LogP contribution in [0.2, 0.25) is 0 Å². The lowest BCUT2D eigenvalue weighted by Crippen LogP contribution is -2.35. The molecule has 28 heavy (non-hydrogen) atoms. The van der Waals surface area contributed by atoms with Gasteiger partial charge in [-0.15, -0.1) is 0 Å². The third kappa shape index (κ3) is 3.58. The normalized spacial score (nSPS) is 15.1. The fourth-order valence-electron chi connectivity index (χ4n) is 3.77. The summed E-state index contributed by atoms with van der Waals surface area (Å²) in [6.07, 6.45) is 0. The molecule has 0 spiro atoms. The highest BCUT2D eigenvalue weighted by Gasteiger charge is 2.28. The molecule has 5 nitrogen and oxygen atoms in total. The van der Waals surface area contributed by atoms with E-state index in [1.165, 1.54) is 0 Å². The molecule has 1 unspecified atom stereocenters. The Kier molecular flexibility index (Phi) is 5.26. The van der Waals surface area contributed by atoms with Crippen LogP contribution in [0.15, 0.2) is 60.7 Å². The molecule has 0 aliphatic carbocycles. The predicted octanol–water partition coefficient (Wildman–Crippen LogP) is 3.88. The van der Waals surface area contributed by atoms with Gasteiger partial charge in [0.2, 0.25) is 0 Å². The molecule has 1 aromatic heterocycles. The Bertz CT molecular complexity index is 949. The summed E-state index contributed by atoms with van der Waals surface area (Å²) in [7, 11) is 0. The van der Waals surface area contributed by atoms with Crippen molar-refractivity contribution in [3.63, 3.8) is 0 Å². The summed E-state index contributed by atoms with van der Waals surface area (Å²) >= 11 is 0. The molecule has 4 rings (SSSR count). The highest BCUT2D eigenvalue weighted by atomic mass is 16.2. The minimum atomic E-state index is -0.111. The van der Waals surface area contributed by atoms with Gasteiger partial charge in [-0.25, -0.2) is 4.98 Å². The number of rotatable bonds is 5. The van der Waals surface area contributed by atoms with Crippen LogP contribution in [0.5, 0.6) is 0 Å². The zero-order valence-corrected chi connectivity index (χ0v) is 16.4. The van der Waals surface area contributed by atoms with E-state index in [4.69, 9.17) is 4.98 Å². The van der Waals surface area contributed by atoms with Crippen molar-refractivity contribution < 1.29 is 4.79 Å². The number of nitrogens with one attached hydrogen (secondary N) is 1. The molecule has 2 aromatic carbocycles. The third-order valence-corrected chi connectivity index (χ3v) is 5.43. The number of hydrogen-bond donors (Lipinski definition) is 1. The average molecular weight is 374 g/mol. The molecular formula is C23H26N4O. The first-order chi connectivity index (χ1) is 13.7. The first-order valence-electron chi connectivity index (χ1n) is 9.90. The molecule has 1 N–H and O–H groups in total. The van der Waals surface area contributed by atoms with Gasteiger partial charge in [0.25, 0.3) is 5.91 Å². The first-order valence-corrected chi connectivity index (χ1v) is 9.90. The molecular weight excluding hydrogens is 348 g/mol. The van der Waals surface area contributed by atoms with Crippen molar-refractivity contribution >= 4 is 5.91 Å². The van der Waals surface area contributed by atoms with Gasteiger partial charge >= 0.3 is 0 Å². The van der Waals surface area contributed by atoms with Crippen molar-refractivity contribution in [1.29, 1.82) is 0 Å². The molecule has 2 heterocycles. The Balaban J connectivity index is 1.68. The molecule has 0 saturated heterocycles. The number of likely N-dealkylation sites (N-methyl/N-ethyl adjacent to an activating group) is 1. The van der Waals surface area contributed by atoms with E-state index in [9.17, 15) is 4.79 Å². The van der Waals surface area contributed by atoms with Gasteiger partial charge in [0.1, 0.15) is 5.82 Å². The smallest absolute Gasteiger partial charge is 0.272 e. The lowest BCUT2D eigenvalue weighted by Gasteiger charge is -2.28. The lowest BCUT2D eigenvalue weighted by molar-refractivity contribution is 0.0931. The van der Waals surface area contributed by atoms with E-state index in [1.807, 2.05) is 55.5 Å². The van der Waals surface area contributed by atoms with Crippen LogP contribution in [0.25, 0.3) is 11.4 Å². The highest BCUT2D eigenvalue weighted by molar-refractivity contribution is 5.94. The predicted molar refractivity (Wildman–Crippen MR) is 111 cm³/mol. The maximum absolute atomic E-state index is 13.1. The molecule has 144 valence electrons. The van der Waals surface area contributed by atoms with Gasteiger partial charge in [0, 0.05) is 25.2 Å². The van der Waals surface area contributed by atoms with Gasteiger partial charge in [-0.2, -0.15) is 0 Å². The van der Waals surface area contributed by atoms with E-state index in [0.29, 0.717) is 5.69 Å². The topological polar surface area (TPSA) is 50.2 Å². The van der Waals surface area contributed by atoms with Crippen LogP contribution in [0.4, 0.5) is 0 Å². The summed E-state index contributed by atoms with van der Waals surface area (Å²) < 4.78 is 2.21. The molecule has 1 aliphatic heterocycles. The van der Waals surface area contributed by atoms with Crippen molar-refractivity contribution in [2.24, 2.45) is 0 Å². The Hall–Kier alpha value is -2.92. The van der Waals surface area contributed by atoms with Gasteiger partial charge in [-0.05, 0) is 19.0 Å². The second-order valence-electron chi connectivity index (χ2n) is 7.22. The summed E-state index contributed by atoms with van der Waals surface area (Å²) in [5.41, 5.74) is 3.68. The number of benzene rings is 2. The average Bonchev–Trinajstić information content (AvgIpc) is 3.14. The minimum absolute atomic E-state index is 0.0721. The van der Waals surface area contributed by atoms with Crippen LogP contribution in [0.3, 0.4) is 0 Å². The first kappa shape index (κ1) is 18.4. The number of aromatic nitrogens is 2. The van der Waals surface area contributed by atoms with Gasteiger partial charge in [-0.1, -0.05) is 67.6 Å². The standard InChI is InChI=1S/C23H26N4O/c1-3-26-14-15-27-20(16-26)21(25-22(27)19-12-8-5-9-13-19)23(28)24-17(2)18-10-6-4-7-11-18/h4-13,17H,3,14-16H2,1-2H3,(H,24,28). The summed E-state index contributed by atoms with van der Waals surface area (Å²) in [4.78, 5) is 20.3. The molecule has 3 aromatic rings. The molecule has 1 atom stereocenters. The van der Waals surface area contributed by atoms with E-state index in [0.717, 1.165) is 48.8 Å². The maximum Gasteiger partial charge on any atom is 0.272 e. The maximum atomic E-state index is 13.1. The van der Waals surface area contributed by atoms with Gasteiger partial charge in [0.05, 0.1) is 11.7 Å². The molecule has 0 bridgehead atoms.